The Morgan fingerprint density at radius 3 is 2.72 bits per heavy atom. The molecule has 0 saturated carbocycles. The largest absolute Gasteiger partial charge is 0.508 e. The van der Waals surface area contributed by atoms with Crippen molar-refractivity contribution in [3.8, 4) is 5.75 Å². The van der Waals surface area contributed by atoms with Crippen LogP contribution in [0.15, 0.2) is 29.8 Å². The lowest BCUT2D eigenvalue weighted by molar-refractivity contribution is -0.140. The molecule has 1 heterocycles. The maximum absolute atomic E-state index is 11.4. The molecule has 0 unspecified atom stereocenters. The average Bonchev–Trinajstić information content (AvgIpc) is 2.90. The monoisotopic (exact) mass is 264 g/mol. The summed E-state index contributed by atoms with van der Waals surface area (Å²) in [4.78, 5) is 11.4. The van der Waals surface area contributed by atoms with E-state index in [0.717, 1.165) is 10.6 Å². The Hall–Kier alpha value is -1.95. The minimum absolute atomic E-state index is 0.188. The third-order valence-electron chi connectivity index (χ3n) is 2.57. The molecule has 1 atom stereocenters. The fraction of sp³-hybridized carbons (Fsp3) is 0.250. The molecule has 5 nitrogen and oxygen atoms in total. The highest BCUT2D eigenvalue weighted by molar-refractivity contribution is 7.09. The zero-order valence-corrected chi connectivity index (χ0v) is 10.6. The zero-order valence-electron chi connectivity index (χ0n) is 9.74. The first-order valence-corrected chi connectivity index (χ1v) is 6.20. The molecular weight excluding hydrogens is 252 g/mol. The van der Waals surface area contributed by atoms with Gasteiger partial charge in [0.2, 0.25) is 0 Å². The van der Waals surface area contributed by atoms with E-state index in [9.17, 15) is 9.90 Å². The highest BCUT2D eigenvalue weighted by atomic mass is 32.1. The molecule has 1 aromatic carbocycles. The van der Waals surface area contributed by atoms with Gasteiger partial charge in [0, 0.05) is 5.92 Å². The van der Waals surface area contributed by atoms with Gasteiger partial charge in [0.05, 0.1) is 13.5 Å². The van der Waals surface area contributed by atoms with Crippen LogP contribution in [0.1, 0.15) is 22.9 Å². The standard InChI is InChI=1S/C12H12N2O3S/c1-17-11(16)6-10(12-14-13-7-18-12)8-2-4-9(15)5-3-8/h2-5,7,10,15H,6H2,1H3/t10-/m0/s1. The van der Waals surface area contributed by atoms with Crippen LogP contribution < -0.4 is 0 Å². The van der Waals surface area contributed by atoms with Crippen molar-refractivity contribution in [3.63, 3.8) is 0 Å². The van der Waals surface area contributed by atoms with Crippen LogP contribution in [0.25, 0.3) is 0 Å². The van der Waals surface area contributed by atoms with Crippen LogP contribution in [0.4, 0.5) is 0 Å². The molecule has 0 aliphatic carbocycles. The smallest absolute Gasteiger partial charge is 0.306 e. The first-order chi connectivity index (χ1) is 8.70. The molecule has 6 heteroatoms. The Kier molecular flexibility index (Phi) is 3.88. The van der Waals surface area contributed by atoms with Gasteiger partial charge in [-0.2, -0.15) is 0 Å². The fourth-order valence-electron chi connectivity index (χ4n) is 1.64. The Bertz CT molecular complexity index is 511. The van der Waals surface area contributed by atoms with E-state index < -0.39 is 0 Å². The SMILES string of the molecule is COC(=O)C[C@@H](c1ccc(O)cc1)c1nncs1. The fourth-order valence-corrected chi connectivity index (χ4v) is 2.32. The Morgan fingerprint density at radius 2 is 2.17 bits per heavy atom. The number of aromatic hydroxyl groups is 1. The number of methoxy groups -OCH3 is 1. The van der Waals surface area contributed by atoms with Crippen molar-refractivity contribution in [1.29, 1.82) is 0 Å². The maximum Gasteiger partial charge on any atom is 0.306 e. The second-order valence-electron chi connectivity index (χ2n) is 3.70. The van der Waals surface area contributed by atoms with Gasteiger partial charge in [-0.15, -0.1) is 21.5 Å². The molecule has 0 radical (unpaired) electrons. The van der Waals surface area contributed by atoms with Crippen LogP contribution in [0.5, 0.6) is 5.75 Å². The van der Waals surface area contributed by atoms with E-state index in [1.165, 1.54) is 18.4 Å². The second kappa shape index (κ2) is 5.59. The van der Waals surface area contributed by atoms with E-state index in [4.69, 9.17) is 4.74 Å². The van der Waals surface area contributed by atoms with Gasteiger partial charge in [-0.05, 0) is 17.7 Å². The van der Waals surface area contributed by atoms with Gasteiger partial charge >= 0.3 is 5.97 Å². The number of ether oxygens (including phenoxy) is 1. The normalized spacial score (nSPS) is 12.1. The molecule has 1 aromatic heterocycles. The number of carbonyl (C=O) groups is 1. The van der Waals surface area contributed by atoms with E-state index >= 15 is 0 Å². The van der Waals surface area contributed by atoms with Crippen molar-refractivity contribution >= 4 is 17.3 Å². The van der Waals surface area contributed by atoms with Crippen LogP contribution in [0, 0.1) is 0 Å². The summed E-state index contributed by atoms with van der Waals surface area (Å²) < 4.78 is 4.69. The first kappa shape index (κ1) is 12.5. The zero-order chi connectivity index (χ0) is 13.0. The molecule has 0 aliphatic heterocycles. The van der Waals surface area contributed by atoms with Crippen molar-refractivity contribution in [1.82, 2.24) is 10.2 Å². The summed E-state index contributed by atoms with van der Waals surface area (Å²) in [6, 6.07) is 6.70. The van der Waals surface area contributed by atoms with E-state index in [2.05, 4.69) is 10.2 Å². The van der Waals surface area contributed by atoms with Crippen molar-refractivity contribution in [3.05, 3.63) is 40.3 Å². The van der Waals surface area contributed by atoms with Crippen LogP contribution in [0.2, 0.25) is 0 Å². The minimum Gasteiger partial charge on any atom is -0.508 e. The molecule has 0 aliphatic rings. The van der Waals surface area contributed by atoms with E-state index in [0.29, 0.717) is 0 Å². The van der Waals surface area contributed by atoms with E-state index in [-0.39, 0.29) is 24.1 Å². The van der Waals surface area contributed by atoms with Gasteiger partial charge in [0.15, 0.2) is 0 Å². The van der Waals surface area contributed by atoms with Crippen LogP contribution in [-0.4, -0.2) is 28.4 Å². The molecule has 2 aromatic rings. The molecule has 0 bridgehead atoms. The van der Waals surface area contributed by atoms with E-state index in [1.54, 1.807) is 29.8 Å². The number of nitrogens with zero attached hydrogens (tertiary/aromatic N) is 2. The molecule has 0 saturated heterocycles. The summed E-state index contributed by atoms with van der Waals surface area (Å²) >= 11 is 1.39. The summed E-state index contributed by atoms with van der Waals surface area (Å²) in [5, 5.41) is 17.8. The summed E-state index contributed by atoms with van der Waals surface area (Å²) in [5.74, 6) is -0.304. The lowest BCUT2D eigenvalue weighted by Gasteiger charge is -2.13. The molecule has 1 N–H and O–H groups in total. The number of carbonyl (C=O) groups excluding carboxylic acids is 1. The lowest BCUT2D eigenvalue weighted by Crippen LogP contribution is -2.10. The van der Waals surface area contributed by atoms with Gasteiger partial charge < -0.3 is 9.84 Å². The summed E-state index contributed by atoms with van der Waals surface area (Å²) in [6.45, 7) is 0. The maximum atomic E-state index is 11.4. The number of hydrogen-bond donors (Lipinski definition) is 1. The number of hydrogen-bond acceptors (Lipinski definition) is 6. The van der Waals surface area contributed by atoms with Crippen molar-refractivity contribution in [2.75, 3.05) is 7.11 Å². The number of benzene rings is 1. The Balaban J connectivity index is 2.30. The first-order valence-electron chi connectivity index (χ1n) is 5.32. The van der Waals surface area contributed by atoms with Crippen LogP contribution >= 0.6 is 11.3 Å². The highest BCUT2D eigenvalue weighted by Gasteiger charge is 2.21. The summed E-state index contributed by atoms with van der Waals surface area (Å²) in [6.07, 6.45) is 0.205. The molecule has 2 rings (SSSR count). The summed E-state index contributed by atoms with van der Waals surface area (Å²) in [5.41, 5.74) is 2.52. The third kappa shape index (κ3) is 2.84. The predicted molar refractivity (Wildman–Crippen MR) is 66.5 cm³/mol. The topological polar surface area (TPSA) is 72.3 Å². The van der Waals surface area contributed by atoms with E-state index in [1.807, 2.05) is 0 Å². The molecule has 0 fully saturated rings. The number of rotatable bonds is 4. The van der Waals surface area contributed by atoms with Crippen molar-refractivity contribution < 1.29 is 14.6 Å². The van der Waals surface area contributed by atoms with Gasteiger partial charge in [-0.1, -0.05) is 12.1 Å². The number of aromatic nitrogens is 2. The van der Waals surface area contributed by atoms with Crippen molar-refractivity contribution in [2.45, 2.75) is 12.3 Å². The molecule has 94 valence electrons. The van der Waals surface area contributed by atoms with Crippen molar-refractivity contribution in [2.24, 2.45) is 0 Å². The predicted octanol–water partition coefficient (Wildman–Crippen LogP) is 1.94. The van der Waals surface area contributed by atoms with Gasteiger partial charge in [0.25, 0.3) is 0 Å². The highest BCUT2D eigenvalue weighted by Crippen LogP contribution is 2.30. The quantitative estimate of drug-likeness (QED) is 0.854. The molecular formula is C12H12N2O3S. The molecule has 0 amide bonds. The second-order valence-corrected chi connectivity index (χ2v) is 4.57. The minimum atomic E-state index is -0.303. The van der Waals surface area contributed by atoms with Gasteiger partial charge in [0.1, 0.15) is 16.3 Å². The van der Waals surface area contributed by atoms with Crippen LogP contribution in [-0.2, 0) is 9.53 Å². The molecule has 18 heavy (non-hydrogen) atoms. The number of phenolic OH excluding ortho intramolecular Hbond substituents is 1. The number of phenols is 1. The van der Waals surface area contributed by atoms with Gasteiger partial charge in [-0.25, -0.2) is 0 Å². The molecule has 0 spiro atoms. The Labute approximate surface area is 108 Å². The average molecular weight is 264 g/mol. The van der Waals surface area contributed by atoms with Crippen LogP contribution in [0.3, 0.4) is 0 Å². The lowest BCUT2D eigenvalue weighted by atomic mass is 9.96. The third-order valence-corrected chi connectivity index (χ3v) is 3.38. The Morgan fingerprint density at radius 1 is 1.44 bits per heavy atom. The number of esters is 1. The summed E-state index contributed by atoms with van der Waals surface area (Å²) in [7, 11) is 1.36. The van der Waals surface area contributed by atoms with Gasteiger partial charge in [-0.3, -0.25) is 4.79 Å².